The standard InChI is InChI=1S/C11H15S/c1-3-10-12(4-2)11-8-6-5-7-9-11/h3,5-9H,1,4,10H2,2H3/q+1. The predicted molar refractivity (Wildman–Crippen MR) is 57.7 cm³/mol. The number of hydrogen-bond acceptors (Lipinski definition) is 0. The Hall–Kier alpha value is -0.690. The van der Waals surface area contributed by atoms with E-state index in [-0.39, 0.29) is 0 Å². The van der Waals surface area contributed by atoms with Crippen LogP contribution in [-0.2, 0) is 10.9 Å². The van der Waals surface area contributed by atoms with E-state index in [1.807, 2.05) is 6.08 Å². The lowest BCUT2D eigenvalue weighted by Crippen LogP contribution is -2.08. The molecular weight excluding hydrogens is 164 g/mol. The van der Waals surface area contributed by atoms with Crippen molar-refractivity contribution in [3.63, 3.8) is 0 Å². The lowest BCUT2D eigenvalue weighted by Gasteiger charge is -2.01. The Bertz CT molecular complexity index is 228. The fourth-order valence-electron chi connectivity index (χ4n) is 1.14. The van der Waals surface area contributed by atoms with E-state index in [9.17, 15) is 0 Å². The summed E-state index contributed by atoms with van der Waals surface area (Å²) >= 11 is 0. The molecule has 0 fully saturated rings. The molecule has 1 heteroatoms. The molecule has 1 atom stereocenters. The molecule has 0 heterocycles. The molecule has 64 valence electrons. The molecule has 0 saturated carbocycles. The van der Waals surface area contributed by atoms with E-state index in [2.05, 4.69) is 43.8 Å². The van der Waals surface area contributed by atoms with Crippen LogP contribution in [0.15, 0.2) is 47.9 Å². The van der Waals surface area contributed by atoms with Crippen LogP contribution >= 0.6 is 0 Å². The molecule has 1 aromatic rings. The summed E-state index contributed by atoms with van der Waals surface area (Å²) in [4.78, 5) is 1.46. The average molecular weight is 179 g/mol. The third-order valence-electron chi connectivity index (χ3n) is 1.74. The van der Waals surface area contributed by atoms with Crippen LogP contribution < -0.4 is 0 Å². The van der Waals surface area contributed by atoms with Gasteiger partial charge >= 0.3 is 0 Å². The van der Waals surface area contributed by atoms with Crippen LogP contribution in [0.2, 0.25) is 0 Å². The molecule has 12 heavy (non-hydrogen) atoms. The van der Waals surface area contributed by atoms with Gasteiger partial charge in [0, 0.05) is 10.9 Å². The van der Waals surface area contributed by atoms with Crippen molar-refractivity contribution in [2.24, 2.45) is 0 Å². The Labute approximate surface area is 77.7 Å². The van der Waals surface area contributed by atoms with Gasteiger partial charge in [0.05, 0.1) is 0 Å². The fourth-order valence-corrected chi connectivity index (χ4v) is 2.72. The van der Waals surface area contributed by atoms with Gasteiger partial charge in [-0.2, -0.15) is 0 Å². The first-order chi connectivity index (χ1) is 5.88. The van der Waals surface area contributed by atoms with Crippen LogP contribution in [0.25, 0.3) is 0 Å². The van der Waals surface area contributed by atoms with Crippen LogP contribution in [0.3, 0.4) is 0 Å². The molecule has 0 aliphatic rings. The molecule has 0 bridgehead atoms. The van der Waals surface area contributed by atoms with Crippen molar-refractivity contribution >= 4 is 10.9 Å². The minimum atomic E-state index is 0.387. The van der Waals surface area contributed by atoms with Gasteiger partial charge in [0.1, 0.15) is 11.5 Å². The fraction of sp³-hybridized carbons (Fsp3) is 0.273. The molecule has 0 aliphatic carbocycles. The second-order valence-electron chi connectivity index (χ2n) is 2.55. The highest BCUT2D eigenvalue weighted by atomic mass is 32.2. The lowest BCUT2D eigenvalue weighted by atomic mass is 10.4. The molecule has 1 rings (SSSR count). The van der Waals surface area contributed by atoms with Gasteiger partial charge in [-0.3, -0.25) is 0 Å². The van der Waals surface area contributed by atoms with E-state index in [4.69, 9.17) is 0 Å². The smallest absolute Gasteiger partial charge is 0.0984 e. The second-order valence-corrected chi connectivity index (χ2v) is 4.92. The van der Waals surface area contributed by atoms with Crippen molar-refractivity contribution in [3.8, 4) is 0 Å². The van der Waals surface area contributed by atoms with E-state index in [0.29, 0.717) is 10.9 Å². The van der Waals surface area contributed by atoms with Crippen LogP contribution in [0.4, 0.5) is 0 Å². The zero-order chi connectivity index (χ0) is 8.81. The third-order valence-corrected chi connectivity index (χ3v) is 4.02. The molecule has 1 unspecified atom stereocenters. The molecule has 0 amide bonds. The molecule has 0 spiro atoms. The van der Waals surface area contributed by atoms with Crippen LogP contribution in [0, 0.1) is 0 Å². The molecule has 0 nitrogen and oxygen atoms in total. The summed E-state index contributed by atoms with van der Waals surface area (Å²) in [6, 6.07) is 10.7. The molecular formula is C11H15S+. The van der Waals surface area contributed by atoms with Crippen LogP contribution in [-0.4, -0.2) is 11.5 Å². The maximum atomic E-state index is 3.78. The molecule has 0 aromatic heterocycles. The lowest BCUT2D eigenvalue weighted by molar-refractivity contribution is 1.38. The highest BCUT2D eigenvalue weighted by Crippen LogP contribution is 2.13. The zero-order valence-corrected chi connectivity index (χ0v) is 8.31. The third kappa shape index (κ3) is 2.42. The van der Waals surface area contributed by atoms with Gasteiger partial charge < -0.3 is 0 Å². The Kier molecular flexibility index (Phi) is 3.95. The molecule has 1 aromatic carbocycles. The Morgan fingerprint density at radius 3 is 2.50 bits per heavy atom. The normalized spacial score (nSPS) is 12.4. The maximum absolute atomic E-state index is 3.78. The maximum Gasteiger partial charge on any atom is 0.155 e. The average Bonchev–Trinajstić information content (AvgIpc) is 2.15. The summed E-state index contributed by atoms with van der Waals surface area (Å²) in [6.45, 7) is 6.02. The minimum Gasteiger partial charge on any atom is -0.0984 e. The number of rotatable bonds is 4. The van der Waals surface area contributed by atoms with E-state index in [1.165, 1.54) is 10.6 Å². The second kappa shape index (κ2) is 5.04. The SMILES string of the molecule is C=CC[S+](CC)c1ccccc1. The monoisotopic (exact) mass is 179 g/mol. The van der Waals surface area contributed by atoms with Crippen molar-refractivity contribution in [2.45, 2.75) is 11.8 Å². The van der Waals surface area contributed by atoms with E-state index >= 15 is 0 Å². The summed E-state index contributed by atoms with van der Waals surface area (Å²) in [5.74, 6) is 2.33. The minimum absolute atomic E-state index is 0.387. The van der Waals surface area contributed by atoms with Gasteiger partial charge in [-0.25, -0.2) is 0 Å². The molecule has 0 saturated heterocycles. The summed E-state index contributed by atoms with van der Waals surface area (Å²) in [5, 5.41) is 0. The summed E-state index contributed by atoms with van der Waals surface area (Å²) in [6.07, 6.45) is 2.01. The van der Waals surface area contributed by atoms with Gasteiger partial charge in [-0.15, -0.1) is 0 Å². The molecule has 0 aliphatic heterocycles. The Balaban J connectivity index is 2.72. The largest absolute Gasteiger partial charge is 0.155 e. The Morgan fingerprint density at radius 1 is 1.33 bits per heavy atom. The molecule has 0 radical (unpaired) electrons. The van der Waals surface area contributed by atoms with Crippen LogP contribution in [0.1, 0.15) is 6.92 Å². The van der Waals surface area contributed by atoms with Gasteiger partial charge in [0.15, 0.2) is 4.90 Å². The van der Waals surface area contributed by atoms with Gasteiger partial charge in [-0.1, -0.05) is 24.8 Å². The highest BCUT2D eigenvalue weighted by molar-refractivity contribution is 7.97. The first-order valence-electron chi connectivity index (χ1n) is 4.22. The predicted octanol–water partition coefficient (Wildman–Crippen LogP) is 2.87. The van der Waals surface area contributed by atoms with Crippen LogP contribution in [0.5, 0.6) is 0 Å². The van der Waals surface area contributed by atoms with E-state index in [0.717, 1.165) is 5.75 Å². The summed E-state index contributed by atoms with van der Waals surface area (Å²) in [5.41, 5.74) is 0. The summed E-state index contributed by atoms with van der Waals surface area (Å²) in [7, 11) is 0.387. The van der Waals surface area contributed by atoms with Gasteiger partial charge in [-0.05, 0) is 25.1 Å². The van der Waals surface area contributed by atoms with Crippen molar-refractivity contribution < 1.29 is 0 Å². The quantitative estimate of drug-likeness (QED) is 0.492. The van der Waals surface area contributed by atoms with E-state index < -0.39 is 0 Å². The van der Waals surface area contributed by atoms with Crippen molar-refractivity contribution in [1.82, 2.24) is 0 Å². The topological polar surface area (TPSA) is 0 Å². The summed E-state index contributed by atoms with van der Waals surface area (Å²) < 4.78 is 0. The molecule has 0 N–H and O–H groups in total. The first kappa shape index (κ1) is 9.40. The van der Waals surface area contributed by atoms with Gasteiger partial charge in [0.2, 0.25) is 0 Å². The Morgan fingerprint density at radius 2 is 2.00 bits per heavy atom. The first-order valence-corrected chi connectivity index (χ1v) is 5.78. The van der Waals surface area contributed by atoms with Gasteiger partial charge in [0.25, 0.3) is 0 Å². The number of hydrogen-bond donors (Lipinski definition) is 0. The van der Waals surface area contributed by atoms with Crippen molar-refractivity contribution in [3.05, 3.63) is 43.0 Å². The van der Waals surface area contributed by atoms with Crippen molar-refractivity contribution in [1.29, 1.82) is 0 Å². The number of benzene rings is 1. The van der Waals surface area contributed by atoms with E-state index in [1.54, 1.807) is 0 Å². The highest BCUT2D eigenvalue weighted by Gasteiger charge is 2.15. The van der Waals surface area contributed by atoms with Crippen molar-refractivity contribution in [2.75, 3.05) is 11.5 Å². The zero-order valence-electron chi connectivity index (χ0n) is 7.49.